The van der Waals surface area contributed by atoms with E-state index in [4.69, 9.17) is 4.74 Å². The van der Waals surface area contributed by atoms with Crippen LogP contribution < -0.4 is 0 Å². The number of amides is 1. The van der Waals surface area contributed by atoms with Crippen molar-refractivity contribution in [3.05, 3.63) is 15.6 Å². The fourth-order valence-electron chi connectivity index (χ4n) is 5.16. The van der Waals surface area contributed by atoms with Crippen molar-refractivity contribution >= 4 is 17.2 Å². The van der Waals surface area contributed by atoms with Crippen LogP contribution in [0.4, 0.5) is 0 Å². The number of aryl methyl sites for hydroxylation is 2. The lowest BCUT2D eigenvalue weighted by molar-refractivity contribution is 0.0403. The molecule has 5 nitrogen and oxygen atoms in total. The summed E-state index contributed by atoms with van der Waals surface area (Å²) in [6, 6.07) is 0. The standard InChI is InChI=1S/C21H33N3O2S/c1-15-5-4-8-23(12-15)13-18-11-21(14-26-18)6-9-24(10-7-21)20(25)19-16(2)22-17(3)27-19/h15,18H,4-14H2,1-3H3/t15-,18+/m1/s1. The molecule has 4 heterocycles. The van der Waals surface area contributed by atoms with E-state index >= 15 is 0 Å². The second-order valence-corrected chi connectivity index (χ2v) is 10.3. The van der Waals surface area contributed by atoms with Crippen molar-refractivity contribution in [1.82, 2.24) is 14.8 Å². The first kappa shape index (κ1) is 19.3. The van der Waals surface area contributed by atoms with Gasteiger partial charge in [0.2, 0.25) is 0 Å². The number of thiazole rings is 1. The fourth-order valence-corrected chi connectivity index (χ4v) is 6.05. The molecule has 0 bridgehead atoms. The predicted octanol–water partition coefficient (Wildman–Crippen LogP) is 3.50. The molecule has 1 aromatic heterocycles. The molecule has 0 radical (unpaired) electrons. The lowest BCUT2D eigenvalue weighted by Crippen LogP contribution is -2.44. The predicted molar refractivity (Wildman–Crippen MR) is 108 cm³/mol. The van der Waals surface area contributed by atoms with Crippen LogP contribution in [0.1, 0.15) is 59.4 Å². The monoisotopic (exact) mass is 391 g/mol. The van der Waals surface area contributed by atoms with E-state index in [9.17, 15) is 4.79 Å². The average Bonchev–Trinajstić information content (AvgIpc) is 3.18. The van der Waals surface area contributed by atoms with Crippen molar-refractivity contribution in [2.45, 2.75) is 59.0 Å². The molecule has 3 aliphatic rings. The van der Waals surface area contributed by atoms with E-state index in [1.165, 1.54) is 43.7 Å². The van der Waals surface area contributed by atoms with Gasteiger partial charge in [-0.3, -0.25) is 4.79 Å². The summed E-state index contributed by atoms with van der Waals surface area (Å²) >= 11 is 1.53. The molecule has 0 N–H and O–H groups in total. The third-order valence-electron chi connectivity index (χ3n) is 6.70. The zero-order valence-electron chi connectivity index (χ0n) is 17.0. The number of piperidine rings is 2. The number of likely N-dealkylation sites (tertiary alicyclic amines) is 2. The average molecular weight is 392 g/mol. The molecule has 2 atom stereocenters. The molecule has 0 aliphatic carbocycles. The Hall–Kier alpha value is -0.980. The maximum atomic E-state index is 12.9. The minimum absolute atomic E-state index is 0.172. The first-order chi connectivity index (χ1) is 12.9. The first-order valence-corrected chi connectivity index (χ1v) is 11.3. The van der Waals surface area contributed by atoms with Crippen molar-refractivity contribution in [3.63, 3.8) is 0 Å². The van der Waals surface area contributed by atoms with Crippen LogP contribution in [0.3, 0.4) is 0 Å². The Morgan fingerprint density at radius 2 is 2.07 bits per heavy atom. The molecule has 1 amide bonds. The Morgan fingerprint density at radius 3 is 2.74 bits per heavy atom. The number of aromatic nitrogens is 1. The Balaban J connectivity index is 1.30. The van der Waals surface area contributed by atoms with Gasteiger partial charge in [0.05, 0.1) is 23.4 Å². The van der Waals surface area contributed by atoms with Gasteiger partial charge in [-0.05, 0) is 63.8 Å². The van der Waals surface area contributed by atoms with Crippen LogP contribution in [-0.4, -0.2) is 66.1 Å². The zero-order chi connectivity index (χ0) is 19.0. The number of carbonyl (C=O) groups excluding carboxylic acids is 1. The third kappa shape index (κ3) is 4.22. The number of hydrogen-bond acceptors (Lipinski definition) is 5. The van der Waals surface area contributed by atoms with Gasteiger partial charge in [-0.25, -0.2) is 4.98 Å². The summed E-state index contributed by atoms with van der Waals surface area (Å²) in [6.07, 6.45) is 6.38. The second kappa shape index (κ2) is 7.80. The highest BCUT2D eigenvalue weighted by Crippen LogP contribution is 2.42. The molecular weight excluding hydrogens is 358 g/mol. The molecule has 4 rings (SSSR count). The lowest BCUT2D eigenvalue weighted by Gasteiger charge is -2.38. The highest BCUT2D eigenvalue weighted by Gasteiger charge is 2.43. The number of rotatable bonds is 3. The van der Waals surface area contributed by atoms with E-state index in [0.29, 0.717) is 11.5 Å². The van der Waals surface area contributed by atoms with E-state index in [0.717, 1.165) is 60.6 Å². The van der Waals surface area contributed by atoms with Gasteiger partial charge in [0, 0.05) is 26.2 Å². The van der Waals surface area contributed by atoms with Crippen molar-refractivity contribution in [2.24, 2.45) is 11.3 Å². The molecule has 0 unspecified atom stereocenters. The maximum absolute atomic E-state index is 12.9. The number of nitrogens with zero attached hydrogens (tertiary/aromatic N) is 3. The molecule has 1 aromatic rings. The molecule has 0 aromatic carbocycles. The summed E-state index contributed by atoms with van der Waals surface area (Å²) in [7, 11) is 0. The van der Waals surface area contributed by atoms with Gasteiger partial charge in [-0.15, -0.1) is 11.3 Å². The van der Waals surface area contributed by atoms with Crippen molar-refractivity contribution in [3.8, 4) is 0 Å². The van der Waals surface area contributed by atoms with Crippen LogP contribution in [0.15, 0.2) is 0 Å². The third-order valence-corrected chi connectivity index (χ3v) is 7.76. The zero-order valence-corrected chi connectivity index (χ0v) is 17.8. The van der Waals surface area contributed by atoms with Crippen molar-refractivity contribution < 1.29 is 9.53 Å². The first-order valence-electron chi connectivity index (χ1n) is 10.5. The Labute approximate surface area is 167 Å². The highest BCUT2D eigenvalue weighted by molar-refractivity contribution is 7.13. The van der Waals surface area contributed by atoms with Gasteiger partial charge in [0.15, 0.2) is 0 Å². The van der Waals surface area contributed by atoms with Crippen LogP contribution >= 0.6 is 11.3 Å². The topological polar surface area (TPSA) is 45.7 Å². The molecule has 3 saturated heterocycles. The Bertz CT molecular complexity index is 681. The Morgan fingerprint density at radius 1 is 1.30 bits per heavy atom. The molecule has 0 saturated carbocycles. The van der Waals surface area contributed by atoms with Crippen LogP contribution in [-0.2, 0) is 4.74 Å². The summed E-state index contributed by atoms with van der Waals surface area (Å²) in [5, 5.41) is 0.975. The van der Waals surface area contributed by atoms with Gasteiger partial charge in [-0.2, -0.15) is 0 Å². The normalized spacial score (nSPS) is 28.8. The summed E-state index contributed by atoms with van der Waals surface area (Å²) < 4.78 is 6.23. The number of ether oxygens (including phenoxy) is 1. The van der Waals surface area contributed by atoms with Crippen LogP contribution in [0, 0.1) is 25.2 Å². The van der Waals surface area contributed by atoms with Crippen molar-refractivity contribution in [1.29, 1.82) is 0 Å². The van der Waals surface area contributed by atoms with Gasteiger partial charge in [0.25, 0.3) is 5.91 Å². The van der Waals surface area contributed by atoms with Gasteiger partial charge < -0.3 is 14.5 Å². The molecule has 27 heavy (non-hydrogen) atoms. The van der Waals surface area contributed by atoms with Crippen LogP contribution in [0.2, 0.25) is 0 Å². The summed E-state index contributed by atoms with van der Waals surface area (Å²) in [4.78, 5) is 22.7. The quantitative estimate of drug-likeness (QED) is 0.791. The lowest BCUT2D eigenvalue weighted by atomic mass is 9.76. The number of hydrogen-bond donors (Lipinski definition) is 0. The maximum Gasteiger partial charge on any atom is 0.265 e. The van der Waals surface area contributed by atoms with E-state index in [2.05, 4.69) is 16.8 Å². The van der Waals surface area contributed by atoms with E-state index in [1.54, 1.807) is 0 Å². The molecule has 6 heteroatoms. The minimum Gasteiger partial charge on any atom is -0.376 e. The summed E-state index contributed by atoms with van der Waals surface area (Å²) in [5.41, 5.74) is 1.17. The fraction of sp³-hybridized carbons (Fsp3) is 0.810. The molecule has 1 spiro atoms. The van der Waals surface area contributed by atoms with Gasteiger partial charge in [0.1, 0.15) is 4.88 Å². The largest absolute Gasteiger partial charge is 0.376 e. The molecular formula is C21H33N3O2S. The second-order valence-electron chi connectivity index (χ2n) is 9.08. The molecule has 3 aliphatic heterocycles. The molecule has 3 fully saturated rings. The molecule has 150 valence electrons. The van der Waals surface area contributed by atoms with Gasteiger partial charge >= 0.3 is 0 Å². The van der Waals surface area contributed by atoms with Crippen LogP contribution in [0.25, 0.3) is 0 Å². The van der Waals surface area contributed by atoms with E-state index in [-0.39, 0.29) is 5.91 Å². The summed E-state index contributed by atoms with van der Waals surface area (Å²) in [5.74, 6) is 0.993. The van der Waals surface area contributed by atoms with Crippen molar-refractivity contribution in [2.75, 3.05) is 39.3 Å². The van der Waals surface area contributed by atoms with E-state index in [1.807, 2.05) is 18.7 Å². The number of carbonyl (C=O) groups is 1. The Kier molecular flexibility index (Phi) is 5.59. The minimum atomic E-state index is 0.172. The highest BCUT2D eigenvalue weighted by atomic mass is 32.1. The van der Waals surface area contributed by atoms with Gasteiger partial charge in [-0.1, -0.05) is 6.92 Å². The smallest absolute Gasteiger partial charge is 0.265 e. The SMILES string of the molecule is Cc1nc(C)c(C(=O)N2CCC3(CC2)CO[C@H](CN2CCC[C@@H](C)C2)C3)s1. The van der Waals surface area contributed by atoms with E-state index < -0.39 is 0 Å². The van der Waals surface area contributed by atoms with Crippen LogP contribution in [0.5, 0.6) is 0 Å². The summed E-state index contributed by atoms with van der Waals surface area (Å²) in [6.45, 7) is 12.4.